The molecule has 1 aromatic rings. The maximum absolute atomic E-state index is 10.8. The van der Waals surface area contributed by atoms with E-state index < -0.39 is 0 Å². The van der Waals surface area contributed by atoms with E-state index in [4.69, 9.17) is 0 Å². The molecule has 2 nitrogen and oxygen atoms in total. The van der Waals surface area contributed by atoms with Crippen LogP contribution in [-0.4, -0.2) is 11.7 Å². The molecule has 101 valence electrons. The Balaban J connectivity index is 3.48. The summed E-state index contributed by atoms with van der Waals surface area (Å²) in [6, 6.07) is 3.95. The second-order valence-electron chi connectivity index (χ2n) is 6.99. The van der Waals surface area contributed by atoms with E-state index in [0.29, 0.717) is 12.2 Å². The Labute approximate surface area is 111 Å². The Hall–Kier alpha value is -1.02. The van der Waals surface area contributed by atoms with Crippen molar-refractivity contribution in [2.24, 2.45) is 0 Å². The van der Waals surface area contributed by atoms with E-state index >= 15 is 0 Å². The molecule has 0 fully saturated rings. The second kappa shape index (κ2) is 4.93. The van der Waals surface area contributed by atoms with Gasteiger partial charge >= 0.3 is 0 Å². The van der Waals surface area contributed by atoms with Gasteiger partial charge in [0.05, 0.1) is 6.61 Å². The van der Waals surface area contributed by atoms with Gasteiger partial charge in [0.2, 0.25) is 0 Å². The third-order valence-electron chi connectivity index (χ3n) is 3.18. The zero-order valence-electron chi connectivity index (χ0n) is 12.4. The lowest BCUT2D eigenvalue weighted by Gasteiger charge is -2.28. The number of benzene rings is 1. The van der Waals surface area contributed by atoms with Gasteiger partial charge in [-0.15, -0.1) is 0 Å². The minimum Gasteiger partial charge on any atom is -0.507 e. The maximum Gasteiger partial charge on any atom is 0.123 e. The molecule has 0 unspecified atom stereocenters. The molecular weight excluding hydrogens is 224 g/mol. The van der Waals surface area contributed by atoms with Crippen LogP contribution in [0.3, 0.4) is 0 Å². The van der Waals surface area contributed by atoms with Gasteiger partial charge in [-0.25, -0.2) is 5.11 Å². The summed E-state index contributed by atoms with van der Waals surface area (Å²) >= 11 is 0. The summed E-state index contributed by atoms with van der Waals surface area (Å²) in [5, 5.41) is 21.3. The van der Waals surface area contributed by atoms with E-state index in [1.54, 1.807) is 0 Å². The summed E-state index contributed by atoms with van der Waals surface area (Å²) in [5.74, 6) is 0.379. The van der Waals surface area contributed by atoms with Crippen molar-refractivity contribution in [2.45, 2.75) is 58.8 Å². The van der Waals surface area contributed by atoms with Crippen LogP contribution in [0.25, 0.3) is 0 Å². The molecule has 1 radical (unpaired) electrons. The summed E-state index contributed by atoms with van der Waals surface area (Å²) in [6.45, 7) is 12.4. The molecule has 0 atom stereocenters. The lowest BCUT2D eigenvalue weighted by Crippen LogP contribution is -2.18. The zero-order chi connectivity index (χ0) is 14.1. The number of aromatic hydroxyl groups is 1. The van der Waals surface area contributed by atoms with Crippen LogP contribution >= 0.6 is 0 Å². The molecule has 0 aromatic heterocycles. The van der Waals surface area contributed by atoms with Gasteiger partial charge in [0.15, 0.2) is 0 Å². The number of phenols is 1. The molecule has 0 bridgehead atoms. The highest BCUT2D eigenvalue weighted by molar-refractivity contribution is 5.49. The SMILES string of the molecule is CC(C)(C)c1cc(CC[O])cc(C(C)(C)C)c1O. The first-order chi connectivity index (χ1) is 8.07. The normalized spacial score (nSPS) is 12.8. The number of rotatable bonds is 2. The largest absolute Gasteiger partial charge is 0.507 e. The van der Waals surface area contributed by atoms with E-state index in [1.165, 1.54) is 0 Å². The summed E-state index contributed by atoms with van der Waals surface area (Å²) in [6.07, 6.45) is 0.520. The van der Waals surface area contributed by atoms with Crippen LogP contribution in [0, 0.1) is 0 Å². The Morgan fingerprint density at radius 1 is 0.944 bits per heavy atom. The van der Waals surface area contributed by atoms with Crippen molar-refractivity contribution in [3.63, 3.8) is 0 Å². The van der Waals surface area contributed by atoms with Crippen LogP contribution in [0.4, 0.5) is 0 Å². The minimum absolute atomic E-state index is 0.113. The Morgan fingerprint density at radius 3 is 1.61 bits per heavy atom. The average Bonchev–Trinajstić information content (AvgIpc) is 2.17. The average molecular weight is 249 g/mol. The fourth-order valence-electron chi connectivity index (χ4n) is 2.10. The third-order valence-corrected chi connectivity index (χ3v) is 3.18. The van der Waals surface area contributed by atoms with Gasteiger partial charge in [-0.05, 0) is 33.9 Å². The van der Waals surface area contributed by atoms with Crippen LogP contribution in [0.1, 0.15) is 58.2 Å². The lowest BCUT2D eigenvalue weighted by molar-refractivity contribution is 0.197. The predicted molar refractivity (Wildman–Crippen MR) is 74.8 cm³/mol. The minimum atomic E-state index is -0.122. The number of hydrogen-bond acceptors (Lipinski definition) is 1. The van der Waals surface area contributed by atoms with Crippen molar-refractivity contribution < 1.29 is 10.2 Å². The number of hydrogen-bond donors (Lipinski definition) is 1. The molecule has 0 heterocycles. The highest BCUT2D eigenvalue weighted by Gasteiger charge is 2.26. The highest BCUT2D eigenvalue weighted by Crippen LogP contribution is 2.39. The molecule has 0 amide bonds. The first-order valence-corrected chi connectivity index (χ1v) is 6.52. The Morgan fingerprint density at radius 2 is 1.33 bits per heavy atom. The summed E-state index contributed by atoms with van der Waals surface area (Å²) in [5.41, 5.74) is 2.64. The molecule has 1 rings (SSSR count). The molecule has 0 aliphatic rings. The van der Waals surface area contributed by atoms with Crippen LogP contribution in [0.15, 0.2) is 12.1 Å². The van der Waals surface area contributed by atoms with Crippen LogP contribution in [0.5, 0.6) is 5.75 Å². The molecule has 1 aromatic carbocycles. The van der Waals surface area contributed by atoms with E-state index in [-0.39, 0.29) is 17.4 Å². The first-order valence-electron chi connectivity index (χ1n) is 6.52. The molecule has 0 spiro atoms. The van der Waals surface area contributed by atoms with Gasteiger partial charge in [0.25, 0.3) is 0 Å². The fourth-order valence-corrected chi connectivity index (χ4v) is 2.10. The van der Waals surface area contributed by atoms with Crippen molar-refractivity contribution >= 4 is 0 Å². The van der Waals surface area contributed by atoms with E-state index in [0.717, 1.165) is 16.7 Å². The van der Waals surface area contributed by atoms with Gasteiger partial charge in [0.1, 0.15) is 5.75 Å². The van der Waals surface area contributed by atoms with Gasteiger partial charge in [-0.1, -0.05) is 53.7 Å². The standard InChI is InChI=1S/C16H25O2/c1-15(2,3)12-9-11(7-8-17)10-13(14(12)18)16(4,5)6/h9-10,18H,7-8H2,1-6H3. The summed E-state index contributed by atoms with van der Waals surface area (Å²) in [7, 11) is 0. The van der Waals surface area contributed by atoms with Crippen LogP contribution in [0.2, 0.25) is 0 Å². The monoisotopic (exact) mass is 249 g/mol. The van der Waals surface area contributed by atoms with Crippen molar-refractivity contribution in [1.29, 1.82) is 0 Å². The summed E-state index contributed by atoms with van der Waals surface area (Å²) < 4.78 is 0. The van der Waals surface area contributed by atoms with Gasteiger partial charge < -0.3 is 5.11 Å². The fraction of sp³-hybridized carbons (Fsp3) is 0.625. The quantitative estimate of drug-likeness (QED) is 0.846. The zero-order valence-corrected chi connectivity index (χ0v) is 12.4. The van der Waals surface area contributed by atoms with Crippen LogP contribution < -0.4 is 0 Å². The van der Waals surface area contributed by atoms with Gasteiger partial charge in [-0.2, -0.15) is 0 Å². The molecule has 0 aliphatic carbocycles. The smallest absolute Gasteiger partial charge is 0.123 e. The highest BCUT2D eigenvalue weighted by atomic mass is 16.3. The molecule has 0 saturated carbocycles. The number of phenolic OH excluding ortho intramolecular Hbond substituents is 1. The third kappa shape index (κ3) is 3.26. The Bertz CT molecular complexity index is 385. The predicted octanol–water partition coefficient (Wildman–Crippen LogP) is 3.96. The van der Waals surface area contributed by atoms with Crippen molar-refractivity contribution in [2.75, 3.05) is 6.61 Å². The molecule has 1 N–H and O–H groups in total. The lowest BCUT2D eigenvalue weighted by atomic mass is 9.78. The van der Waals surface area contributed by atoms with Gasteiger partial charge in [-0.3, -0.25) is 0 Å². The molecule has 0 aliphatic heterocycles. The first kappa shape index (κ1) is 15.0. The molecular formula is C16H25O2. The van der Waals surface area contributed by atoms with E-state index in [1.807, 2.05) is 12.1 Å². The second-order valence-corrected chi connectivity index (χ2v) is 6.99. The van der Waals surface area contributed by atoms with Crippen molar-refractivity contribution in [3.8, 4) is 5.75 Å². The topological polar surface area (TPSA) is 40.1 Å². The van der Waals surface area contributed by atoms with Crippen molar-refractivity contribution in [1.82, 2.24) is 0 Å². The maximum atomic E-state index is 10.8. The Kier molecular flexibility index (Phi) is 4.12. The van der Waals surface area contributed by atoms with Gasteiger partial charge in [0, 0.05) is 0 Å². The molecule has 2 heteroatoms. The van der Waals surface area contributed by atoms with E-state index in [9.17, 15) is 10.2 Å². The summed E-state index contributed by atoms with van der Waals surface area (Å²) in [4.78, 5) is 0. The van der Waals surface area contributed by atoms with Crippen LogP contribution in [-0.2, 0) is 22.4 Å². The molecule has 0 saturated heterocycles. The van der Waals surface area contributed by atoms with Crippen molar-refractivity contribution in [3.05, 3.63) is 28.8 Å². The van der Waals surface area contributed by atoms with E-state index in [2.05, 4.69) is 41.5 Å². The molecule has 18 heavy (non-hydrogen) atoms.